The van der Waals surface area contributed by atoms with Crippen LogP contribution in [-0.4, -0.2) is 28.0 Å². The minimum atomic E-state index is -0.497. The highest BCUT2D eigenvalue weighted by Crippen LogP contribution is 2.29. The zero-order chi connectivity index (χ0) is 15.2. The Balaban J connectivity index is 1.99. The van der Waals surface area contributed by atoms with Gasteiger partial charge in [-0.15, -0.1) is 0 Å². The second-order valence-electron chi connectivity index (χ2n) is 6.52. The van der Waals surface area contributed by atoms with E-state index in [0.29, 0.717) is 18.3 Å². The van der Waals surface area contributed by atoms with Crippen molar-refractivity contribution < 1.29 is 10.1 Å². The summed E-state index contributed by atoms with van der Waals surface area (Å²) in [5.41, 5.74) is 0.883. The molecule has 116 valence electrons. The molecule has 1 aliphatic rings. The van der Waals surface area contributed by atoms with Gasteiger partial charge < -0.3 is 14.9 Å². The Morgan fingerprint density at radius 3 is 2.52 bits per heavy atom. The van der Waals surface area contributed by atoms with Gasteiger partial charge in [-0.1, -0.05) is 57.2 Å². The van der Waals surface area contributed by atoms with E-state index in [9.17, 15) is 10.1 Å². The maximum Gasteiger partial charge on any atom is 0.376 e. The van der Waals surface area contributed by atoms with Crippen LogP contribution >= 0.6 is 0 Å². The molecule has 4 heteroatoms. The van der Waals surface area contributed by atoms with E-state index in [0.717, 1.165) is 17.9 Å². The van der Waals surface area contributed by atoms with Gasteiger partial charge in [0.2, 0.25) is 0 Å². The first-order valence-corrected chi connectivity index (χ1v) is 8.28. The molecule has 0 aliphatic heterocycles. The summed E-state index contributed by atoms with van der Waals surface area (Å²) in [6.45, 7) is 4.61. The van der Waals surface area contributed by atoms with Crippen LogP contribution < -0.4 is 0 Å². The Morgan fingerprint density at radius 2 is 1.90 bits per heavy atom. The molecule has 0 amide bonds. The van der Waals surface area contributed by atoms with E-state index in [1.807, 2.05) is 25.0 Å². The molecule has 1 saturated carbocycles. The van der Waals surface area contributed by atoms with Crippen LogP contribution in [0.2, 0.25) is 6.82 Å². The first-order valence-electron chi connectivity index (χ1n) is 8.28. The van der Waals surface area contributed by atoms with Crippen molar-refractivity contribution in [2.24, 2.45) is 5.92 Å². The molecule has 0 spiro atoms. The fourth-order valence-corrected chi connectivity index (χ4v) is 3.54. The molecular formula is C17H28BNO2. The van der Waals surface area contributed by atoms with E-state index in [2.05, 4.69) is 11.7 Å². The predicted octanol–water partition coefficient (Wildman–Crippen LogP) is 3.66. The van der Waals surface area contributed by atoms with Crippen molar-refractivity contribution in [2.75, 3.05) is 0 Å². The lowest BCUT2D eigenvalue weighted by atomic mass is 9.79. The molecule has 3 nitrogen and oxygen atoms in total. The summed E-state index contributed by atoms with van der Waals surface area (Å²) in [4.78, 5) is 2.09. The predicted molar refractivity (Wildman–Crippen MR) is 88.1 cm³/mol. The van der Waals surface area contributed by atoms with Crippen molar-refractivity contribution in [1.29, 1.82) is 0 Å². The van der Waals surface area contributed by atoms with Gasteiger partial charge in [0.15, 0.2) is 0 Å². The first kappa shape index (κ1) is 16.4. The number of para-hydroxylation sites is 1. The smallest absolute Gasteiger partial charge is 0.376 e. The van der Waals surface area contributed by atoms with Crippen LogP contribution in [-0.2, 0) is 6.54 Å². The molecule has 0 heterocycles. The van der Waals surface area contributed by atoms with Gasteiger partial charge in [-0.05, 0) is 31.3 Å². The molecule has 1 aromatic rings. The highest BCUT2D eigenvalue weighted by molar-refractivity contribution is 6.45. The summed E-state index contributed by atoms with van der Waals surface area (Å²) >= 11 is 0. The average molecular weight is 289 g/mol. The van der Waals surface area contributed by atoms with E-state index < -0.39 is 7.05 Å². The van der Waals surface area contributed by atoms with Crippen LogP contribution in [0.1, 0.15) is 51.0 Å². The third kappa shape index (κ3) is 4.75. The molecule has 21 heavy (non-hydrogen) atoms. The lowest BCUT2D eigenvalue weighted by Gasteiger charge is -2.34. The van der Waals surface area contributed by atoms with Crippen molar-refractivity contribution in [3.05, 3.63) is 29.8 Å². The molecular weight excluding hydrogens is 261 g/mol. The van der Waals surface area contributed by atoms with Gasteiger partial charge in [-0.2, -0.15) is 0 Å². The number of aromatic hydroxyl groups is 1. The summed E-state index contributed by atoms with van der Waals surface area (Å²) in [5.74, 6) is 1.10. The lowest BCUT2D eigenvalue weighted by molar-refractivity contribution is 0.223. The summed E-state index contributed by atoms with van der Waals surface area (Å²) in [6.07, 6.45) is 7.88. The van der Waals surface area contributed by atoms with Crippen molar-refractivity contribution in [1.82, 2.24) is 4.81 Å². The van der Waals surface area contributed by atoms with Crippen LogP contribution in [0.4, 0.5) is 0 Å². The molecule has 2 N–H and O–H groups in total. The van der Waals surface area contributed by atoms with Crippen molar-refractivity contribution in [3.8, 4) is 5.75 Å². The van der Waals surface area contributed by atoms with Crippen LogP contribution in [0.3, 0.4) is 0 Å². The minimum absolute atomic E-state index is 0.313. The molecule has 0 unspecified atom stereocenters. The van der Waals surface area contributed by atoms with Gasteiger partial charge in [-0.3, -0.25) is 0 Å². The fourth-order valence-electron chi connectivity index (χ4n) is 3.54. The maximum atomic E-state index is 10.1. The summed E-state index contributed by atoms with van der Waals surface area (Å²) in [5, 5.41) is 20.0. The van der Waals surface area contributed by atoms with Gasteiger partial charge in [0.05, 0.1) is 0 Å². The highest BCUT2D eigenvalue weighted by Gasteiger charge is 2.26. The van der Waals surface area contributed by atoms with E-state index in [1.54, 1.807) is 6.07 Å². The third-order valence-electron chi connectivity index (χ3n) is 4.79. The number of phenols is 1. The molecule has 1 atom stereocenters. The molecule has 1 aliphatic carbocycles. The second kappa shape index (κ2) is 7.86. The van der Waals surface area contributed by atoms with Crippen molar-refractivity contribution >= 4 is 7.05 Å². The van der Waals surface area contributed by atoms with Gasteiger partial charge in [-0.25, -0.2) is 0 Å². The summed E-state index contributed by atoms with van der Waals surface area (Å²) in [7, 11) is -0.497. The normalized spacial score (nSPS) is 17.9. The van der Waals surface area contributed by atoms with E-state index in [4.69, 9.17) is 0 Å². The first-order chi connectivity index (χ1) is 10.1. The molecule has 1 fully saturated rings. The minimum Gasteiger partial charge on any atom is -0.508 e. The largest absolute Gasteiger partial charge is 0.508 e. The fraction of sp³-hybridized carbons (Fsp3) is 0.647. The molecule has 2 rings (SSSR count). The number of hydrogen-bond acceptors (Lipinski definition) is 3. The number of rotatable bonds is 6. The number of hydrogen-bond donors (Lipinski definition) is 2. The molecule has 1 aromatic carbocycles. The van der Waals surface area contributed by atoms with Crippen LogP contribution in [0.25, 0.3) is 0 Å². The van der Waals surface area contributed by atoms with E-state index in [1.165, 1.54) is 32.1 Å². The molecule has 0 radical (unpaired) electrons. The van der Waals surface area contributed by atoms with E-state index >= 15 is 0 Å². The van der Waals surface area contributed by atoms with Gasteiger partial charge in [0.1, 0.15) is 5.75 Å². The number of phenolic OH excluding ortho intramolecular Hbond substituents is 1. The second-order valence-corrected chi connectivity index (χ2v) is 6.52. The Labute approximate surface area is 129 Å². The summed E-state index contributed by atoms with van der Waals surface area (Å²) < 4.78 is 0. The van der Waals surface area contributed by atoms with Gasteiger partial charge in [0.25, 0.3) is 0 Å². The Kier molecular flexibility index (Phi) is 6.13. The van der Waals surface area contributed by atoms with Crippen LogP contribution in [0.15, 0.2) is 24.3 Å². The quantitative estimate of drug-likeness (QED) is 0.785. The Bertz CT molecular complexity index is 433. The van der Waals surface area contributed by atoms with Gasteiger partial charge >= 0.3 is 7.05 Å². The SMILES string of the molecule is CB(O)N(Cc1ccccc1O)[C@@H](C)CC1CCCCC1. The zero-order valence-electron chi connectivity index (χ0n) is 13.3. The third-order valence-corrected chi connectivity index (χ3v) is 4.79. The summed E-state index contributed by atoms with van der Waals surface area (Å²) in [6, 6.07) is 7.73. The maximum absolute atomic E-state index is 10.1. The topological polar surface area (TPSA) is 43.7 Å². The standard InChI is InChI=1S/C17H28BNO2/c1-14(12-15-8-4-3-5-9-15)19(18(2)21)13-16-10-6-7-11-17(16)20/h6-7,10-11,14-15,20-21H,3-5,8-9,12-13H2,1-2H3/t14-/m0/s1. The van der Waals surface area contributed by atoms with Crippen LogP contribution in [0, 0.1) is 5.92 Å². The Morgan fingerprint density at radius 1 is 1.24 bits per heavy atom. The lowest BCUT2D eigenvalue weighted by Crippen LogP contribution is -2.44. The Hall–Kier alpha value is -0.995. The number of nitrogens with zero attached hydrogens (tertiary/aromatic N) is 1. The molecule has 0 aromatic heterocycles. The molecule has 0 saturated heterocycles. The molecule has 0 bridgehead atoms. The highest BCUT2D eigenvalue weighted by atomic mass is 16.3. The van der Waals surface area contributed by atoms with Crippen molar-refractivity contribution in [2.45, 2.75) is 64.9 Å². The van der Waals surface area contributed by atoms with Gasteiger partial charge in [0, 0.05) is 12.1 Å². The van der Waals surface area contributed by atoms with Crippen LogP contribution in [0.5, 0.6) is 5.75 Å². The average Bonchev–Trinajstić information content (AvgIpc) is 2.47. The monoisotopic (exact) mass is 289 g/mol. The van der Waals surface area contributed by atoms with E-state index in [-0.39, 0.29) is 0 Å². The van der Waals surface area contributed by atoms with Crippen molar-refractivity contribution in [3.63, 3.8) is 0 Å². The zero-order valence-corrected chi connectivity index (χ0v) is 13.3. The number of benzene rings is 1.